The molecule has 2 aliphatic carbocycles. The van der Waals surface area contributed by atoms with Gasteiger partial charge >= 0.3 is 53.6 Å². The summed E-state index contributed by atoms with van der Waals surface area (Å²) >= 11 is 0. The van der Waals surface area contributed by atoms with Crippen molar-refractivity contribution >= 4 is 0 Å². The van der Waals surface area contributed by atoms with Crippen molar-refractivity contribution in [3.8, 4) is 0 Å². The summed E-state index contributed by atoms with van der Waals surface area (Å²) in [6.07, 6.45) is -0.222. The zero-order valence-corrected chi connectivity index (χ0v) is 24.7. The second kappa shape index (κ2) is 12.6. The zero-order valence-electron chi connectivity index (χ0n) is 24.7. The van der Waals surface area contributed by atoms with Crippen LogP contribution in [0.4, 0.5) is 83.4 Å². The van der Waals surface area contributed by atoms with Crippen LogP contribution in [-0.4, -0.2) is 47.6 Å². The molecule has 19 heteroatoms. The molecule has 0 nitrogen and oxygen atoms in total. The van der Waals surface area contributed by atoms with E-state index in [9.17, 15) is 83.4 Å². The van der Waals surface area contributed by atoms with Crippen molar-refractivity contribution < 1.29 is 83.4 Å². The van der Waals surface area contributed by atoms with Crippen molar-refractivity contribution in [1.82, 2.24) is 0 Å². The summed E-state index contributed by atoms with van der Waals surface area (Å²) < 4.78 is 260. The molecule has 0 heterocycles. The second-order valence-electron chi connectivity index (χ2n) is 12.5. The number of hydrogen-bond acceptors (Lipinski definition) is 0. The molecule has 0 atom stereocenters. The van der Waals surface area contributed by atoms with Gasteiger partial charge in [0.15, 0.2) is 0 Å². The van der Waals surface area contributed by atoms with Gasteiger partial charge in [-0.15, -0.1) is 0 Å². The highest BCUT2D eigenvalue weighted by Gasteiger charge is 2.96. The molecule has 48 heavy (non-hydrogen) atoms. The molecule has 0 aliphatic heterocycles. The van der Waals surface area contributed by atoms with Crippen LogP contribution in [0, 0.1) is 17.8 Å². The van der Waals surface area contributed by atoms with Gasteiger partial charge in [0, 0.05) is 5.56 Å². The third-order valence-electron chi connectivity index (χ3n) is 9.77. The lowest BCUT2D eigenvalue weighted by atomic mass is 9.68. The molecular weight excluding hydrogens is 709 g/mol. The highest BCUT2D eigenvalue weighted by molar-refractivity contribution is 5.31. The standard InChI is InChI=1S/C29H29F19/c1-2-15-3-5-16(6-4-15)17-7-9-18(10-8-17)19-11-13-20(14-12-19)21(30,31)22(32,33)23(34,35)24(36,37)25(38,39)26(40,41)27(42,43)28(44,45)29(46,47)48/h11-18H,2-10H2,1H3/t15-,16-,17?,18?. The smallest absolute Gasteiger partial charge is 0.194 e. The van der Waals surface area contributed by atoms with Crippen LogP contribution in [0.1, 0.15) is 81.8 Å². The van der Waals surface area contributed by atoms with Gasteiger partial charge in [-0.3, -0.25) is 0 Å². The summed E-state index contributed by atoms with van der Waals surface area (Å²) in [7, 11) is 0. The highest BCUT2D eigenvalue weighted by Crippen LogP contribution is 2.66. The molecule has 0 bridgehead atoms. The lowest BCUT2D eigenvalue weighted by Crippen LogP contribution is -2.75. The molecule has 0 N–H and O–H groups in total. The van der Waals surface area contributed by atoms with E-state index in [1.807, 2.05) is 0 Å². The van der Waals surface area contributed by atoms with Crippen molar-refractivity contribution in [2.45, 2.75) is 124 Å². The van der Waals surface area contributed by atoms with Crippen molar-refractivity contribution in [3.63, 3.8) is 0 Å². The van der Waals surface area contributed by atoms with E-state index in [-0.39, 0.29) is 23.6 Å². The van der Waals surface area contributed by atoms with Crippen LogP contribution in [0.3, 0.4) is 0 Å². The largest absolute Gasteiger partial charge is 0.460 e. The molecule has 2 fully saturated rings. The van der Waals surface area contributed by atoms with Gasteiger partial charge in [0.2, 0.25) is 0 Å². The molecule has 0 amide bonds. The minimum atomic E-state index is -8.92. The van der Waals surface area contributed by atoms with Crippen molar-refractivity contribution in [3.05, 3.63) is 35.4 Å². The lowest BCUT2D eigenvalue weighted by Gasteiger charge is -2.43. The van der Waals surface area contributed by atoms with Gasteiger partial charge in [-0.1, -0.05) is 50.5 Å². The Morgan fingerprint density at radius 1 is 0.438 bits per heavy atom. The number of halogens is 19. The maximum absolute atomic E-state index is 14.7. The van der Waals surface area contributed by atoms with Crippen molar-refractivity contribution in [2.75, 3.05) is 0 Å². The third-order valence-corrected chi connectivity index (χ3v) is 9.77. The van der Waals surface area contributed by atoms with E-state index in [4.69, 9.17) is 0 Å². The molecular formula is C29H29F19. The van der Waals surface area contributed by atoms with E-state index >= 15 is 0 Å². The Kier molecular flexibility index (Phi) is 10.6. The monoisotopic (exact) mass is 738 g/mol. The van der Waals surface area contributed by atoms with E-state index in [0.717, 1.165) is 44.2 Å². The number of benzene rings is 1. The highest BCUT2D eigenvalue weighted by atomic mass is 19.4. The van der Waals surface area contributed by atoms with Gasteiger partial charge in [-0.2, -0.15) is 83.4 Å². The fourth-order valence-corrected chi connectivity index (χ4v) is 6.50. The first-order valence-electron chi connectivity index (χ1n) is 14.7. The lowest BCUT2D eigenvalue weighted by molar-refractivity contribution is -0.469. The summed E-state index contributed by atoms with van der Waals surface area (Å²) in [6.45, 7) is 2.10. The fraction of sp³-hybridized carbons (Fsp3) is 0.793. The van der Waals surface area contributed by atoms with Crippen LogP contribution in [0.25, 0.3) is 0 Å². The first-order chi connectivity index (χ1) is 21.5. The van der Waals surface area contributed by atoms with Crippen LogP contribution >= 0.6 is 0 Å². The molecule has 0 radical (unpaired) electrons. The first kappa shape index (κ1) is 40.3. The van der Waals surface area contributed by atoms with E-state index in [1.54, 1.807) is 0 Å². The summed E-state index contributed by atoms with van der Waals surface area (Å²) in [6, 6.07) is 1.49. The van der Waals surface area contributed by atoms with Gasteiger partial charge in [-0.25, -0.2) is 0 Å². The van der Waals surface area contributed by atoms with Crippen LogP contribution < -0.4 is 0 Å². The van der Waals surface area contributed by atoms with Crippen LogP contribution in [0.2, 0.25) is 0 Å². The SMILES string of the molecule is CC[C@H]1CC[C@H](C2CCC(c3ccc(C(F)(F)C(F)(F)C(F)(F)C(F)(F)C(F)(F)C(F)(F)C(F)(F)C(F)(F)C(F)(F)F)cc3)CC2)CC1. The molecule has 0 aromatic heterocycles. The molecule has 3 rings (SSSR count). The Labute approximate surface area is 261 Å². The van der Waals surface area contributed by atoms with E-state index in [1.165, 1.54) is 0 Å². The van der Waals surface area contributed by atoms with Gasteiger partial charge in [-0.05, 0) is 67.8 Å². The zero-order chi connectivity index (χ0) is 37.2. The summed E-state index contributed by atoms with van der Waals surface area (Å²) in [5.74, 6) is -65.5. The molecule has 0 saturated heterocycles. The average molecular weight is 739 g/mol. The Hall–Kier alpha value is -2.11. The Bertz CT molecular complexity index is 1230. The maximum atomic E-state index is 14.7. The van der Waals surface area contributed by atoms with Gasteiger partial charge in [0.1, 0.15) is 0 Å². The van der Waals surface area contributed by atoms with Gasteiger partial charge in [0.05, 0.1) is 0 Å². The summed E-state index contributed by atoms with van der Waals surface area (Å²) in [5.41, 5.74) is -2.04. The van der Waals surface area contributed by atoms with E-state index in [0.29, 0.717) is 43.4 Å². The topological polar surface area (TPSA) is 0 Å². The first-order valence-corrected chi connectivity index (χ1v) is 14.7. The average Bonchev–Trinajstić information content (AvgIpc) is 3.00. The van der Waals surface area contributed by atoms with E-state index in [2.05, 4.69) is 6.92 Å². The Morgan fingerprint density at radius 2 is 0.771 bits per heavy atom. The third kappa shape index (κ3) is 6.01. The number of hydrogen-bond donors (Lipinski definition) is 0. The summed E-state index contributed by atoms with van der Waals surface area (Å²) in [4.78, 5) is 0. The van der Waals surface area contributed by atoms with Gasteiger partial charge in [0.25, 0.3) is 0 Å². The van der Waals surface area contributed by atoms with E-state index < -0.39 is 59.1 Å². The van der Waals surface area contributed by atoms with Crippen LogP contribution in [-0.2, 0) is 5.92 Å². The summed E-state index contributed by atoms with van der Waals surface area (Å²) in [5, 5.41) is 0. The van der Waals surface area contributed by atoms with Crippen molar-refractivity contribution in [1.29, 1.82) is 0 Å². The molecule has 278 valence electrons. The normalized spacial score (nSPS) is 24.9. The molecule has 2 aliphatic rings. The minimum absolute atomic E-state index is 0.0281. The second-order valence-corrected chi connectivity index (χ2v) is 12.5. The predicted octanol–water partition coefficient (Wildman–Crippen LogP) is 12.3. The quantitative estimate of drug-likeness (QED) is 0.198. The molecule has 1 aromatic carbocycles. The predicted molar refractivity (Wildman–Crippen MR) is 131 cm³/mol. The molecule has 0 spiro atoms. The maximum Gasteiger partial charge on any atom is 0.460 e. The minimum Gasteiger partial charge on any atom is -0.194 e. The fourth-order valence-electron chi connectivity index (χ4n) is 6.50. The molecule has 1 aromatic rings. The Balaban J connectivity index is 1.85. The molecule has 2 saturated carbocycles. The van der Waals surface area contributed by atoms with Crippen LogP contribution in [0.5, 0.6) is 0 Å². The van der Waals surface area contributed by atoms with Gasteiger partial charge < -0.3 is 0 Å². The van der Waals surface area contributed by atoms with Crippen LogP contribution in [0.15, 0.2) is 24.3 Å². The number of rotatable bonds is 11. The number of alkyl halides is 19. The molecule has 0 unspecified atom stereocenters. The Morgan fingerprint density at radius 3 is 1.12 bits per heavy atom. The van der Waals surface area contributed by atoms with Crippen molar-refractivity contribution in [2.24, 2.45) is 17.8 Å².